The second kappa shape index (κ2) is 6.91. The van der Waals surface area contributed by atoms with Crippen LogP contribution in [-0.4, -0.2) is 0 Å². The third-order valence-electron chi connectivity index (χ3n) is 3.50. The third kappa shape index (κ3) is 4.21. The van der Waals surface area contributed by atoms with E-state index in [0.29, 0.717) is 0 Å². The zero-order valence-corrected chi connectivity index (χ0v) is 13.3. The van der Waals surface area contributed by atoms with Gasteiger partial charge in [-0.1, -0.05) is 79.0 Å². The van der Waals surface area contributed by atoms with Crippen molar-refractivity contribution in [3.05, 3.63) is 58.6 Å². The van der Waals surface area contributed by atoms with Crippen LogP contribution in [0.25, 0.3) is 11.1 Å². The highest BCUT2D eigenvalue weighted by molar-refractivity contribution is 9.10. The number of benzene rings is 2. The van der Waals surface area contributed by atoms with E-state index >= 15 is 0 Å². The van der Waals surface area contributed by atoms with E-state index in [1.807, 2.05) is 0 Å². The Labute approximate surface area is 125 Å². The smallest absolute Gasteiger partial charge is 0.0175 e. The Morgan fingerprint density at radius 3 is 1.95 bits per heavy atom. The van der Waals surface area contributed by atoms with Gasteiger partial charge in [-0.25, -0.2) is 0 Å². The summed E-state index contributed by atoms with van der Waals surface area (Å²) in [5, 5.41) is 0. The molecule has 0 aliphatic carbocycles. The van der Waals surface area contributed by atoms with Crippen LogP contribution in [-0.2, 0) is 6.42 Å². The highest BCUT2D eigenvalue weighted by Crippen LogP contribution is 2.23. The van der Waals surface area contributed by atoms with Crippen molar-refractivity contribution in [3.63, 3.8) is 0 Å². The molecule has 0 saturated carbocycles. The minimum atomic E-state index is 0.781. The molecule has 2 aromatic rings. The van der Waals surface area contributed by atoms with E-state index in [4.69, 9.17) is 0 Å². The molecule has 0 radical (unpaired) electrons. The van der Waals surface area contributed by atoms with E-state index in [0.717, 1.165) is 10.4 Å². The molecule has 2 aromatic carbocycles. The number of halogens is 1. The molecule has 0 N–H and O–H groups in total. The first kappa shape index (κ1) is 14.3. The topological polar surface area (TPSA) is 0 Å². The predicted octanol–water partition coefficient (Wildman–Crippen LogP) is 6.09. The number of hydrogen-bond acceptors (Lipinski definition) is 0. The van der Waals surface area contributed by atoms with Crippen LogP contribution >= 0.6 is 15.9 Å². The van der Waals surface area contributed by atoms with Crippen LogP contribution in [0, 0.1) is 5.92 Å². The molecule has 0 nitrogen and oxygen atoms in total. The van der Waals surface area contributed by atoms with Gasteiger partial charge in [0.1, 0.15) is 0 Å². The second-order valence-corrected chi connectivity index (χ2v) is 6.22. The van der Waals surface area contributed by atoms with Crippen LogP contribution in [0.15, 0.2) is 53.0 Å². The van der Waals surface area contributed by atoms with Gasteiger partial charge in [0, 0.05) is 4.47 Å². The lowest BCUT2D eigenvalue weighted by atomic mass is 9.95. The summed E-state index contributed by atoms with van der Waals surface area (Å²) in [6.45, 7) is 4.60. The molecule has 0 aliphatic heterocycles. The lowest BCUT2D eigenvalue weighted by molar-refractivity contribution is 0.522. The fourth-order valence-electron chi connectivity index (χ4n) is 2.47. The summed E-state index contributed by atoms with van der Waals surface area (Å²) in [6.07, 6.45) is 3.78. The first-order valence-corrected chi connectivity index (χ1v) is 7.83. The van der Waals surface area contributed by atoms with E-state index in [9.17, 15) is 0 Å². The predicted molar refractivity (Wildman–Crippen MR) is 87.4 cm³/mol. The van der Waals surface area contributed by atoms with E-state index in [1.165, 1.54) is 36.0 Å². The molecule has 0 aliphatic rings. The fraction of sp³-hybridized carbons (Fsp3) is 0.333. The zero-order chi connectivity index (χ0) is 13.7. The maximum atomic E-state index is 3.47. The summed E-state index contributed by atoms with van der Waals surface area (Å²) < 4.78 is 1.13. The third-order valence-corrected chi connectivity index (χ3v) is 4.03. The van der Waals surface area contributed by atoms with E-state index in [2.05, 4.69) is 78.3 Å². The molecule has 0 spiro atoms. The Balaban J connectivity index is 2.08. The van der Waals surface area contributed by atoms with E-state index < -0.39 is 0 Å². The van der Waals surface area contributed by atoms with Gasteiger partial charge in [0.05, 0.1) is 0 Å². The molecular formula is C18H21Br. The summed E-state index contributed by atoms with van der Waals surface area (Å²) in [4.78, 5) is 0. The van der Waals surface area contributed by atoms with Crippen molar-refractivity contribution in [2.24, 2.45) is 5.92 Å². The molecule has 2 rings (SSSR count). The first-order valence-electron chi connectivity index (χ1n) is 7.04. The molecule has 100 valence electrons. The Bertz CT molecular complexity index is 496. The maximum absolute atomic E-state index is 3.47. The molecule has 1 heteroatoms. The molecule has 0 fully saturated rings. The highest BCUT2D eigenvalue weighted by Gasteiger charge is 2.03. The van der Waals surface area contributed by atoms with Crippen molar-refractivity contribution in [1.82, 2.24) is 0 Å². The highest BCUT2D eigenvalue weighted by atomic mass is 79.9. The summed E-state index contributed by atoms with van der Waals surface area (Å²) >= 11 is 3.47. The van der Waals surface area contributed by atoms with Crippen LogP contribution in [0.3, 0.4) is 0 Å². The van der Waals surface area contributed by atoms with Gasteiger partial charge in [0.2, 0.25) is 0 Å². The minimum Gasteiger partial charge on any atom is -0.0654 e. The van der Waals surface area contributed by atoms with Crippen molar-refractivity contribution in [1.29, 1.82) is 0 Å². The minimum absolute atomic E-state index is 0.781. The van der Waals surface area contributed by atoms with Crippen molar-refractivity contribution in [3.8, 4) is 11.1 Å². The Hall–Kier alpha value is -1.08. The Morgan fingerprint density at radius 2 is 1.42 bits per heavy atom. The molecule has 19 heavy (non-hydrogen) atoms. The monoisotopic (exact) mass is 316 g/mol. The van der Waals surface area contributed by atoms with Gasteiger partial charge in [0.15, 0.2) is 0 Å². The van der Waals surface area contributed by atoms with Crippen LogP contribution in [0.1, 0.15) is 32.3 Å². The van der Waals surface area contributed by atoms with Gasteiger partial charge in [-0.2, -0.15) is 0 Å². The Morgan fingerprint density at radius 1 is 0.895 bits per heavy atom. The van der Waals surface area contributed by atoms with E-state index in [1.54, 1.807) is 0 Å². The van der Waals surface area contributed by atoms with Gasteiger partial charge in [-0.3, -0.25) is 0 Å². The molecule has 1 atom stereocenters. The van der Waals surface area contributed by atoms with Gasteiger partial charge >= 0.3 is 0 Å². The number of hydrogen-bond donors (Lipinski definition) is 0. The average molecular weight is 317 g/mol. The van der Waals surface area contributed by atoms with Crippen molar-refractivity contribution >= 4 is 15.9 Å². The largest absolute Gasteiger partial charge is 0.0654 e. The molecular weight excluding hydrogens is 296 g/mol. The van der Waals surface area contributed by atoms with Crippen molar-refractivity contribution in [2.45, 2.75) is 33.1 Å². The van der Waals surface area contributed by atoms with Crippen LogP contribution in [0.5, 0.6) is 0 Å². The molecule has 1 unspecified atom stereocenters. The molecule has 0 amide bonds. The second-order valence-electron chi connectivity index (χ2n) is 5.30. The lowest BCUT2D eigenvalue weighted by Gasteiger charge is -2.10. The maximum Gasteiger partial charge on any atom is 0.0175 e. The van der Waals surface area contributed by atoms with Gasteiger partial charge in [-0.05, 0) is 41.2 Å². The zero-order valence-electron chi connectivity index (χ0n) is 11.7. The van der Waals surface area contributed by atoms with Gasteiger partial charge in [-0.15, -0.1) is 0 Å². The molecule has 0 saturated heterocycles. The number of rotatable bonds is 5. The van der Waals surface area contributed by atoms with Crippen molar-refractivity contribution in [2.75, 3.05) is 0 Å². The summed E-state index contributed by atoms with van der Waals surface area (Å²) in [7, 11) is 0. The van der Waals surface area contributed by atoms with Gasteiger partial charge < -0.3 is 0 Å². The summed E-state index contributed by atoms with van der Waals surface area (Å²) in [5.74, 6) is 0.781. The SMILES string of the molecule is CCCC(C)Cc1ccc(-c2ccc(Br)cc2)cc1. The lowest BCUT2D eigenvalue weighted by Crippen LogP contribution is -1.98. The van der Waals surface area contributed by atoms with Crippen LogP contribution < -0.4 is 0 Å². The van der Waals surface area contributed by atoms with Crippen molar-refractivity contribution < 1.29 is 0 Å². The fourth-order valence-corrected chi connectivity index (χ4v) is 2.74. The Kier molecular flexibility index (Phi) is 5.21. The molecule has 0 aromatic heterocycles. The van der Waals surface area contributed by atoms with Crippen LogP contribution in [0.4, 0.5) is 0 Å². The standard InChI is InChI=1S/C18H21Br/c1-3-4-14(2)13-15-5-7-16(8-6-15)17-9-11-18(19)12-10-17/h5-12,14H,3-4,13H2,1-2H3. The summed E-state index contributed by atoms with van der Waals surface area (Å²) in [5.41, 5.74) is 4.01. The summed E-state index contributed by atoms with van der Waals surface area (Å²) in [6, 6.07) is 17.5. The van der Waals surface area contributed by atoms with E-state index in [-0.39, 0.29) is 0 Å². The van der Waals surface area contributed by atoms with Gasteiger partial charge in [0.25, 0.3) is 0 Å². The quantitative estimate of drug-likeness (QED) is 0.625. The first-order chi connectivity index (χ1) is 9.19. The molecule has 0 heterocycles. The molecule has 0 bridgehead atoms. The average Bonchev–Trinajstić information content (AvgIpc) is 2.41. The normalized spacial score (nSPS) is 12.4. The van der Waals surface area contributed by atoms with Crippen LogP contribution in [0.2, 0.25) is 0 Å².